The van der Waals surface area contributed by atoms with Gasteiger partial charge in [0.2, 0.25) is 0 Å². The Hall–Kier alpha value is -0.810. The van der Waals surface area contributed by atoms with Gasteiger partial charge in [-0.1, -0.05) is 13.8 Å². The van der Waals surface area contributed by atoms with Crippen LogP contribution in [-0.4, -0.2) is 41.3 Å². The highest BCUT2D eigenvalue weighted by Gasteiger charge is 2.21. The molecule has 5 heteroatoms. The maximum atomic E-state index is 4.35. The van der Waals surface area contributed by atoms with Crippen LogP contribution < -0.4 is 10.2 Å². The number of hydrogen-bond acceptors (Lipinski definition) is 5. The summed E-state index contributed by atoms with van der Waals surface area (Å²) >= 11 is 2.02. The average molecular weight is 280 g/mol. The van der Waals surface area contributed by atoms with E-state index < -0.39 is 0 Å². The topological polar surface area (TPSA) is 41.0 Å². The van der Waals surface area contributed by atoms with E-state index in [2.05, 4.69) is 53.4 Å². The third-order valence-corrected chi connectivity index (χ3v) is 4.52. The molecule has 0 amide bonds. The molecular formula is C14H24N4S. The molecule has 1 atom stereocenters. The summed E-state index contributed by atoms with van der Waals surface area (Å²) in [4.78, 5) is 2.26. The third-order valence-electron chi connectivity index (χ3n) is 3.38. The Kier molecular flexibility index (Phi) is 5.45. The fourth-order valence-electron chi connectivity index (χ4n) is 2.14. The van der Waals surface area contributed by atoms with Crippen LogP contribution in [0.5, 0.6) is 0 Å². The van der Waals surface area contributed by atoms with Gasteiger partial charge < -0.3 is 10.2 Å². The van der Waals surface area contributed by atoms with Gasteiger partial charge in [0.05, 0.1) is 5.69 Å². The summed E-state index contributed by atoms with van der Waals surface area (Å²) in [5.41, 5.74) is 1.01. The molecule has 0 spiro atoms. The fraction of sp³-hybridized carbons (Fsp3) is 0.714. The Morgan fingerprint density at radius 3 is 2.84 bits per heavy atom. The molecule has 2 heterocycles. The molecule has 1 aliphatic rings. The van der Waals surface area contributed by atoms with E-state index in [0.717, 1.165) is 24.6 Å². The van der Waals surface area contributed by atoms with Gasteiger partial charge in [0.1, 0.15) is 0 Å². The van der Waals surface area contributed by atoms with Crippen LogP contribution in [0, 0.1) is 5.92 Å². The lowest BCUT2D eigenvalue weighted by Gasteiger charge is -2.24. The lowest BCUT2D eigenvalue weighted by Crippen LogP contribution is -2.32. The zero-order valence-corrected chi connectivity index (χ0v) is 12.9. The quantitative estimate of drug-likeness (QED) is 0.865. The van der Waals surface area contributed by atoms with Crippen molar-refractivity contribution < 1.29 is 0 Å². The maximum absolute atomic E-state index is 4.35. The molecule has 1 unspecified atom stereocenters. The number of hydrogen-bond donors (Lipinski definition) is 1. The highest BCUT2D eigenvalue weighted by atomic mass is 32.2. The van der Waals surface area contributed by atoms with Gasteiger partial charge in [-0.2, -0.15) is 16.9 Å². The molecule has 1 fully saturated rings. The van der Waals surface area contributed by atoms with Crippen molar-refractivity contribution in [1.29, 1.82) is 0 Å². The van der Waals surface area contributed by atoms with Gasteiger partial charge in [0.15, 0.2) is 5.82 Å². The number of anilines is 1. The molecule has 0 aliphatic carbocycles. The zero-order valence-electron chi connectivity index (χ0n) is 12.1. The second-order valence-corrected chi connectivity index (χ2v) is 6.69. The number of nitrogens with one attached hydrogen (secondary N) is 1. The Balaban J connectivity index is 1.86. The molecule has 1 aromatic heterocycles. The Bertz CT molecular complexity index is 374. The molecule has 106 valence electrons. The van der Waals surface area contributed by atoms with Crippen molar-refractivity contribution in [1.82, 2.24) is 15.5 Å². The molecule has 0 bridgehead atoms. The number of thioether (sulfide) groups is 1. The summed E-state index contributed by atoms with van der Waals surface area (Å²) in [5.74, 6) is 4.12. The first-order valence-corrected chi connectivity index (χ1v) is 8.16. The first-order chi connectivity index (χ1) is 9.16. The smallest absolute Gasteiger partial charge is 0.151 e. The molecule has 1 N–H and O–H groups in total. The van der Waals surface area contributed by atoms with Crippen LogP contribution in [0.4, 0.5) is 5.82 Å². The van der Waals surface area contributed by atoms with Crippen molar-refractivity contribution in [3.8, 4) is 0 Å². The zero-order chi connectivity index (χ0) is 13.7. The minimum absolute atomic E-state index is 0.615. The second kappa shape index (κ2) is 7.10. The molecule has 0 aromatic carbocycles. The summed E-state index contributed by atoms with van der Waals surface area (Å²) < 4.78 is 0. The first kappa shape index (κ1) is 14.6. The standard InChI is InChI=1S/C14H24N4S/c1-11(2)8-15-9-12-4-5-14(17-16-12)18(3)13-6-7-19-10-13/h4-5,11,13,15H,6-10H2,1-3H3. The van der Waals surface area contributed by atoms with Crippen LogP contribution in [0.15, 0.2) is 12.1 Å². The van der Waals surface area contributed by atoms with Crippen molar-refractivity contribution in [2.24, 2.45) is 5.92 Å². The van der Waals surface area contributed by atoms with Crippen molar-refractivity contribution in [2.45, 2.75) is 32.9 Å². The molecule has 0 saturated carbocycles. The van der Waals surface area contributed by atoms with Crippen LogP contribution >= 0.6 is 11.8 Å². The highest BCUT2D eigenvalue weighted by molar-refractivity contribution is 7.99. The lowest BCUT2D eigenvalue weighted by molar-refractivity contribution is 0.545. The van der Waals surface area contributed by atoms with Gasteiger partial charge in [-0.05, 0) is 36.8 Å². The van der Waals surface area contributed by atoms with Crippen LogP contribution in [-0.2, 0) is 6.54 Å². The monoisotopic (exact) mass is 280 g/mol. The molecule has 2 rings (SSSR count). The summed E-state index contributed by atoms with van der Waals surface area (Å²) in [5, 5.41) is 12.0. The van der Waals surface area contributed by atoms with E-state index in [1.165, 1.54) is 17.9 Å². The second-order valence-electron chi connectivity index (χ2n) is 5.54. The van der Waals surface area contributed by atoms with Crippen LogP contribution in [0.1, 0.15) is 26.0 Å². The van der Waals surface area contributed by atoms with E-state index in [9.17, 15) is 0 Å². The van der Waals surface area contributed by atoms with Crippen LogP contribution in [0.3, 0.4) is 0 Å². The molecule has 1 saturated heterocycles. The van der Waals surface area contributed by atoms with E-state index in [0.29, 0.717) is 12.0 Å². The first-order valence-electron chi connectivity index (χ1n) is 7.00. The van der Waals surface area contributed by atoms with E-state index in [-0.39, 0.29) is 0 Å². The minimum Gasteiger partial charge on any atom is -0.354 e. The van der Waals surface area contributed by atoms with Gasteiger partial charge >= 0.3 is 0 Å². The molecule has 4 nitrogen and oxygen atoms in total. The average Bonchev–Trinajstić information content (AvgIpc) is 2.92. The predicted molar refractivity (Wildman–Crippen MR) is 82.7 cm³/mol. The van der Waals surface area contributed by atoms with Crippen molar-refractivity contribution in [3.63, 3.8) is 0 Å². The Morgan fingerprint density at radius 1 is 1.42 bits per heavy atom. The molecule has 0 radical (unpaired) electrons. The highest BCUT2D eigenvalue weighted by Crippen LogP contribution is 2.24. The van der Waals surface area contributed by atoms with Crippen molar-refractivity contribution >= 4 is 17.6 Å². The van der Waals surface area contributed by atoms with Gasteiger partial charge in [0, 0.05) is 25.4 Å². The summed E-state index contributed by atoms with van der Waals surface area (Å²) in [6.45, 7) is 6.23. The van der Waals surface area contributed by atoms with Gasteiger partial charge in [-0.3, -0.25) is 0 Å². The largest absolute Gasteiger partial charge is 0.354 e. The van der Waals surface area contributed by atoms with E-state index in [1.54, 1.807) is 0 Å². The maximum Gasteiger partial charge on any atom is 0.151 e. The number of rotatable bonds is 6. The predicted octanol–water partition coefficient (Wildman–Crippen LogP) is 2.16. The Morgan fingerprint density at radius 2 is 2.26 bits per heavy atom. The van der Waals surface area contributed by atoms with Crippen molar-refractivity contribution in [3.05, 3.63) is 17.8 Å². The van der Waals surface area contributed by atoms with Gasteiger partial charge in [-0.15, -0.1) is 5.10 Å². The molecule has 1 aromatic rings. The Labute approximate surface area is 120 Å². The third kappa shape index (κ3) is 4.35. The van der Waals surface area contributed by atoms with Gasteiger partial charge in [0.25, 0.3) is 0 Å². The summed E-state index contributed by atoms with van der Waals surface area (Å²) in [6.07, 6.45) is 1.25. The van der Waals surface area contributed by atoms with Crippen LogP contribution in [0.2, 0.25) is 0 Å². The minimum atomic E-state index is 0.615. The molecule has 1 aliphatic heterocycles. The SMILES string of the molecule is CC(C)CNCc1ccc(N(C)C2CCSC2)nn1. The van der Waals surface area contributed by atoms with Crippen LogP contribution in [0.25, 0.3) is 0 Å². The number of nitrogens with zero attached hydrogens (tertiary/aromatic N) is 3. The fourth-order valence-corrected chi connectivity index (χ4v) is 3.41. The summed E-state index contributed by atoms with van der Waals surface area (Å²) in [7, 11) is 2.12. The van der Waals surface area contributed by atoms with E-state index >= 15 is 0 Å². The van der Waals surface area contributed by atoms with Gasteiger partial charge in [-0.25, -0.2) is 0 Å². The van der Waals surface area contributed by atoms with E-state index in [1.807, 2.05) is 11.8 Å². The lowest BCUT2D eigenvalue weighted by atomic mass is 10.2. The summed E-state index contributed by atoms with van der Waals surface area (Å²) in [6, 6.07) is 4.78. The molecular weight excluding hydrogens is 256 g/mol. The number of aromatic nitrogens is 2. The molecule has 19 heavy (non-hydrogen) atoms. The normalized spacial score (nSPS) is 19.1. The van der Waals surface area contributed by atoms with Crippen molar-refractivity contribution in [2.75, 3.05) is 30.0 Å². The van der Waals surface area contributed by atoms with E-state index in [4.69, 9.17) is 0 Å².